The number of nitrogens with zero attached hydrogens (tertiary/aromatic N) is 1. The first-order valence-corrected chi connectivity index (χ1v) is 9.41. The Labute approximate surface area is 172 Å². The molecular formula is C22H16Cl2N2O2. The Balaban J connectivity index is 1.57. The number of hydrogen-bond acceptors (Lipinski definition) is 3. The van der Waals surface area contributed by atoms with Crippen molar-refractivity contribution in [2.75, 3.05) is 5.32 Å². The van der Waals surface area contributed by atoms with Crippen LogP contribution in [0.25, 0.3) is 22.6 Å². The molecule has 0 aliphatic heterocycles. The van der Waals surface area contributed by atoms with E-state index < -0.39 is 0 Å². The van der Waals surface area contributed by atoms with Crippen molar-refractivity contribution in [1.82, 2.24) is 4.98 Å². The highest BCUT2D eigenvalue weighted by Crippen LogP contribution is 2.28. The molecule has 6 heteroatoms. The molecule has 0 bridgehead atoms. The molecule has 0 radical (unpaired) electrons. The summed E-state index contributed by atoms with van der Waals surface area (Å²) in [5.41, 5.74) is 5.69. The number of rotatable bonds is 3. The predicted molar refractivity (Wildman–Crippen MR) is 113 cm³/mol. The van der Waals surface area contributed by atoms with E-state index in [1.54, 1.807) is 30.3 Å². The number of aryl methyl sites for hydroxylation is 2. The lowest BCUT2D eigenvalue weighted by Gasteiger charge is -2.08. The van der Waals surface area contributed by atoms with Gasteiger partial charge in [0.15, 0.2) is 5.58 Å². The number of carbonyl (C=O) groups is 1. The first kappa shape index (κ1) is 18.5. The zero-order chi connectivity index (χ0) is 19.8. The fraction of sp³-hybridized carbons (Fsp3) is 0.0909. The second kappa shape index (κ2) is 7.30. The van der Waals surface area contributed by atoms with Crippen LogP contribution in [0.3, 0.4) is 0 Å². The molecule has 1 amide bonds. The highest BCUT2D eigenvalue weighted by atomic mass is 35.5. The van der Waals surface area contributed by atoms with E-state index in [2.05, 4.69) is 10.3 Å². The molecular weight excluding hydrogens is 395 g/mol. The normalized spacial score (nSPS) is 11.0. The van der Waals surface area contributed by atoms with Crippen LogP contribution >= 0.6 is 23.2 Å². The first-order chi connectivity index (χ1) is 13.4. The van der Waals surface area contributed by atoms with Crippen LogP contribution < -0.4 is 5.32 Å². The molecule has 1 N–H and O–H groups in total. The first-order valence-electron chi connectivity index (χ1n) is 8.66. The van der Waals surface area contributed by atoms with Crippen molar-refractivity contribution in [3.05, 3.63) is 81.3 Å². The molecule has 0 spiro atoms. The van der Waals surface area contributed by atoms with Gasteiger partial charge in [0.05, 0.1) is 15.6 Å². The van der Waals surface area contributed by atoms with Crippen molar-refractivity contribution in [3.8, 4) is 11.5 Å². The lowest BCUT2D eigenvalue weighted by Crippen LogP contribution is -2.12. The number of halogens is 2. The number of nitrogens with one attached hydrogen (secondary N) is 1. The van der Waals surface area contributed by atoms with E-state index in [1.165, 1.54) is 5.56 Å². The summed E-state index contributed by atoms with van der Waals surface area (Å²) in [6, 6.07) is 16.2. The Morgan fingerprint density at radius 3 is 2.46 bits per heavy atom. The molecule has 0 saturated heterocycles. The van der Waals surface area contributed by atoms with Crippen molar-refractivity contribution in [3.63, 3.8) is 0 Å². The van der Waals surface area contributed by atoms with Gasteiger partial charge >= 0.3 is 0 Å². The molecule has 140 valence electrons. The van der Waals surface area contributed by atoms with E-state index in [0.717, 1.165) is 22.2 Å². The third-order valence-electron chi connectivity index (χ3n) is 4.59. The quantitative estimate of drug-likeness (QED) is 0.410. The van der Waals surface area contributed by atoms with Gasteiger partial charge in [-0.2, -0.15) is 0 Å². The van der Waals surface area contributed by atoms with Crippen molar-refractivity contribution in [1.29, 1.82) is 0 Å². The van der Waals surface area contributed by atoms with Gasteiger partial charge < -0.3 is 9.73 Å². The number of aromatic nitrogens is 1. The Hall–Kier alpha value is -2.82. The monoisotopic (exact) mass is 410 g/mol. The molecule has 0 saturated carbocycles. The summed E-state index contributed by atoms with van der Waals surface area (Å²) in [5.74, 6) is 0.212. The summed E-state index contributed by atoms with van der Waals surface area (Å²) < 4.78 is 5.88. The third-order valence-corrected chi connectivity index (χ3v) is 5.41. The fourth-order valence-corrected chi connectivity index (χ4v) is 3.26. The lowest BCUT2D eigenvalue weighted by molar-refractivity contribution is 0.102. The third kappa shape index (κ3) is 3.49. The second-order valence-electron chi connectivity index (χ2n) is 6.56. The van der Waals surface area contributed by atoms with Crippen molar-refractivity contribution < 1.29 is 9.21 Å². The van der Waals surface area contributed by atoms with E-state index in [4.69, 9.17) is 27.6 Å². The van der Waals surface area contributed by atoms with E-state index >= 15 is 0 Å². The minimum atomic E-state index is -0.326. The summed E-state index contributed by atoms with van der Waals surface area (Å²) in [6.45, 7) is 4.09. The minimum Gasteiger partial charge on any atom is -0.436 e. The molecule has 3 aromatic carbocycles. The molecule has 4 rings (SSSR count). The molecule has 4 aromatic rings. The maximum absolute atomic E-state index is 12.4. The van der Waals surface area contributed by atoms with E-state index in [0.29, 0.717) is 22.2 Å². The largest absolute Gasteiger partial charge is 0.436 e. The van der Waals surface area contributed by atoms with E-state index in [-0.39, 0.29) is 10.9 Å². The van der Waals surface area contributed by atoms with Crippen LogP contribution in [-0.4, -0.2) is 10.9 Å². The number of anilines is 1. The number of amides is 1. The van der Waals surface area contributed by atoms with Crippen LogP contribution in [0.1, 0.15) is 21.5 Å². The molecule has 1 heterocycles. The molecule has 0 aliphatic carbocycles. The zero-order valence-corrected chi connectivity index (χ0v) is 16.7. The van der Waals surface area contributed by atoms with Gasteiger partial charge in [-0.1, -0.05) is 29.3 Å². The zero-order valence-electron chi connectivity index (χ0n) is 15.2. The van der Waals surface area contributed by atoms with Crippen LogP contribution in [-0.2, 0) is 0 Å². The summed E-state index contributed by atoms with van der Waals surface area (Å²) in [5, 5.41) is 3.38. The highest BCUT2D eigenvalue weighted by Gasteiger charge is 2.14. The van der Waals surface area contributed by atoms with Crippen LogP contribution in [0.5, 0.6) is 0 Å². The highest BCUT2D eigenvalue weighted by molar-refractivity contribution is 6.44. The maximum atomic E-state index is 12.4. The van der Waals surface area contributed by atoms with Crippen molar-refractivity contribution >= 4 is 45.9 Å². The van der Waals surface area contributed by atoms with Crippen LogP contribution in [0, 0.1) is 13.8 Å². The van der Waals surface area contributed by atoms with Gasteiger partial charge in [0.2, 0.25) is 5.89 Å². The summed E-state index contributed by atoms with van der Waals surface area (Å²) in [4.78, 5) is 17.0. The van der Waals surface area contributed by atoms with Gasteiger partial charge in [0, 0.05) is 11.3 Å². The Morgan fingerprint density at radius 2 is 1.71 bits per heavy atom. The maximum Gasteiger partial charge on any atom is 0.257 e. The molecule has 28 heavy (non-hydrogen) atoms. The number of hydrogen-bond donors (Lipinski definition) is 1. The summed E-state index contributed by atoms with van der Waals surface area (Å²) in [6.07, 6.45) is 0. The topological polar surface area (TPSA) is 55.1 Å². The van der Waals surface area contributed by atoms with Crippen LogP contribution in [0.2, 0.25) is 10.0 Å². The van der Waals surface area contributed by atoms with Gasteiger partial charge in [0.1, 0.15) is 5.52 Å². The van der Waals surface area contributed by atoms with Crippen LogP contribution in [0.15, 0.2) is 59.0 Å². The molecule has 0 atom stereocenters. The lowest BCUT2D eigenvalue weighted by atomic mass is 10.1. The smallest absolute Gasteiger partial charge is 0.257 e. The van der Waals surface area contributed by atoms with Gasteiger partial charge in [-0.3, -0.25) is 4.79 Å². The molecule has 0 unspecified atom stereocenters. The number of fused-ring (bicyclic) bond motifs is 1. The number of carbonyl (C=O) groups excluding carboxylic acids is 1. The van der Waals surface area contributed by atoms with Gasteiger partial charge in [-0.15, -0.1) is 0 Å². The van der Waals surface area contributed by atoms with Crippen molar-refractivity contribution in [2.24, 2.45) is 0 Å². The Bertz CT molecular complexity index is 1160. The molecule has 0 aliphatic rings. The SMILES string of the molecule is Cc1cc2nc(-c3ccc(NC(=O)c4cccc(Cl)c4Cl)cc3)oc2cc1C. The second-order valence-corrected chi connectivity index (χ2v) is 7.34. The van der Waals surface area contributed by atoms with E-state index in [1.807, 2.05) is 38.1 Å². The predicted octanol–water partition coefficient (Wildman–Crippen LogP) is 6.67. The Kier molecular flexibility index (Phi) is 4.84. The fourth-order valence-electron chi connectivity index (χ4n) is 2.88. The average molecular weight is 411 g/mol. The molecule has 4 nitrogen and oxygen atoms in total. The number of benzene rings is 3. The number of oxazole rings is 1. The standard InChI is InChI=1S/C22H16Cl2N2O2/c1-12-10-18-19(11-13(12)2)28-22(26-18)14-6-8-15(9-7-14)25-21(27)16-4-3-5-17(23)20(16)24/h3-11H,1-2H3,(H,25,27). The Morgan fingerprint density at radius 1 is 1.00 bits per heavy atom. The minimum absolute atomic E-state index is 0.232. The molecule has 1 aromatic heterocycles. The summed E-state index contributed by atoms with van der Waals surface area (Å²) >= 11 is 12.1. The van der Waals surface area contributed by atoms with Crippen molar-refractivity contribution in [2.45, 2.75) is 13.8 Å². The average Bonchev–Trinajstić information content (AvgIpc) is 3.07. The van der Waals surface area contributed by atoms with E-state index in [9.17, 15) is 4.79 Å². The summed E-state index contributed by atoms with van der Waals surface area (Å²) in [7, 11) is 0. The van der Waals surface area contributed by atoms with Gasteiger partial charge in [-0.25, -0.2) is 4.98 Å². The van der Waals surface area contributed by atoms with Gasteiger partial charge in [-0.05, 0) is 73.5 Å². The van der Waals surface area contributed by atoms with Gasteiger partial charge in [0.25, 0.3) is 5.91 Å². The van der Waals surface area contributed by atoms with Crippen LogP contribution in [0.4, 0.5) is 5.69 Å². The molecule has 0 fully saturated rings.